The minimum Gasteiger partial charge on any atom is -0.451 e. The Labute approximate surface area is 146 Å². The van der Waals surface area contributed by atoms with Gasteiger partial charge in [0.15, 0.2) is 12.2 Å². The molecule has 140 valence electrons. The van der Waals surface area contributed by atoms with Crippen LogP contribution in [0.25, 0.3) is 11.4 Å². The lowest BCUT2D eigenvalue weighted by atomic mass is 10.1. The standard InChI is InChI=1S/C16H15F3N2O5/c1-9(25-15(22)12-8-23-5-6-24-12)14-20-13(21-26-14)10-3-2-4-11(7-10)16(17,18)19/h2-4,7,9,12H,5-6,8H2,1H3/t9-,12-/m1/s1. The van der Waals surface area contributed by atoms with E-state index in [1.807, 2.05) is 0 Å². The number of benzene rings is 1. The van der Waals surface area contributed by atoms with Crippen molar-refractivity contribution in [2.75, 3.05) is 19.8 Å². The van der Waals surface area contributed by atoms with Crippen LogP contribution in [0.1, 0.15) is 24.5 Å². The van der Waals surface area contributed by atoms with Gasteiger partial charge in [-0.05, 0) is 19.1 Å². The summed E-state index contributed by atoms with van der Waals surface area (Å²) >= 11 is 0. The Morgan fingerprint density at radius 1 is 1.35 bits per heavy atom. The SMILES string of the molecule is C[C@@H](OC(=O)[C@H]1COCCO1)c1nc(-c2cccc(C(F)(F)F)c2)no1. The molecule has 1 aliphatic rings. The van der Waals surface area contributed by atoms with E-state index in [1.54, 1.807) is 0 Å². The van der Waals surface area contributed by atoms with E-state index in [4.69, 9.17) is 18.7 Å². The number of rotatable bonds is 4. The predicted octanol–water partition coefficient (Wildman–Crippen LogP) is 2.78. The second-order valence-corrected chi connectivity index (χ2v) is 5.55. The molecule has 0 spiro atoms. The molecule has 0 amide bonds. The van der Waals surface area contributed by atoms with Gasteiger partial charge >= 0.3 is 12.1 Å². The molecule has 1 aromatic heterocycles. The molecule has 10 heteroatoms. The van der Waals surface area contributed by atoms with Gasteiger partial charge in [-0.3, -0.25) is 0 Å². The molecule has 2 atom stereocenters. The summed E-state index contributed by atoms with van der Waals surface area (Å²) < 4.78 is 58.9. The molecule has 0 N–H and O–H groups in total. The lowest BCUT2D eigenvalue weighted by Gasteiger charge is -2.22. The average molecular weight is 372 g/mol. The van der Waals surface area contributed by atoms with Crippen LogP contribution in [-0.2, 0) is 25.2 Å². The molecule has 26 heavy (non-hydrogen) atoms. The van der Waals surface area contributed by atoms with Crippen molar-refractivity contribution in [1.29, 1.82) is 0 Å². The van der Waals surface area contributed by atoms with Crippen LogP contribution in [0.2, 0.25) is 0 Å². The molecular formula is C16H15F3N2O5. The van der Waals surface area contributed by atoms with E-state index in [0.29, 0.717) is 6.61 Å². The molecule has 1 aliphatic heterocycles. The molecule has 0 saturated carbocycles. The number of carbonyl (C=O) groups excluding carboxylic acids is 1. The summed E-state index contributed by atoms with van der Waals surface area (Å²) in [6.07, 6.45) is -6.20. The van der Waals surface area contributed by atoms with Crippen LogP contribution >= 0.6 is 0 Å². The quantitative estimate of drug-likeness (QED) is 0.763. The Morgan fingerprint density at radius 2 is 2.15 bits per heavy atom. The number of aromatic nitrogens is 2. The summed E-state index contributed by atoms with van der Waals surface area (Å²) in [5.41, 5.74) is -0.687. The number of nitrogens with zero attached hydrogens (tertiary/aromatic N) is 2. The molecule has 0 bridgehead atoms. The van der Waals surface area contributed by atoms with Crippen molar-refractivity contribution in [2.24, 2.45) is 0 Å². The molecule has 1 aromatic carbocycles. The van der Waals surface area contributed by atoms with E-state index in [1.165, 1.54) is 19.1 Å². The van der Waals surface area contributed by atoms with E-state index in [-0.39, 0.29) is 30.5 Å². The summed E-state index contributed by atoms with van der Waals surface area (Å²) in [7, 11) is 0. The maximum absolute atomic E-state index is 12.8. The Balaban J connectivity index is 1.70. The molecule has 0 aliphatic carbocycles. The fraction of sp³-hybridized carbons (Fsp3) is 0.438. The van der Waals surface area contributed by atoms with Gasteiger partial charge in [-0.2, -0.15) is 18.2 Å². The molecule has 1 fully saturated rings. The predicted molar refractivity (Wildman–Crippen MR) is 79.8 cm³/mol. The fourth-order valence-corrected chi connectivity index (χ4v) is 2.28. The van der Waals surface area contributed by atoms with Crippen molar-refractivity contribution in [3.8, 4) is 11.4 Å². The molecule has 1 saturated heterocycles. The lowest BCUT2D eigenvalue weighted by molar-refractivity contribution is -0.176. The van der Waals surface area contributed by atoms with Crippen LogP contribution in [0.3, 0.4) is 0 Å². The number of halogens is 3. The van der Waals surface area contributed by atoms with Gasteiger partial charge in [0.1, 0.15) is 0 Å². The highest BCUT2D eigenvalue weighted by Crippen LogP contribution is 2.31. The van der Waals surface area contributed by atoms with Gasteiger partial charge in [-0.1, -0.05) is 17.3 Å². The van der Waals surface area contributed by atoms with E-state index in [9.17, 15) is 18.0 Å². The number of ether oxygens (including phenoxy) is 3. The van der Waals surface area contributed by atoms with Crippen molar-refractivity contribution in [2.45, 2.75) is 25.3 Å². The van der Waals surface area contributed by atoms with Crippen LogP contribution < -0.4 is 0 Å². The summed E-state index contributed by atoms with van der Waals surface area (Å²) in [4.78, 5) is 16.0. The van der Waals surface area contributed by atoms with Crippen LogP contribution in [0.15, 0.2) is 28.8 Å². The van der Waals surface area contributed by atoms with Gasteiger partial charge in [-0.25, -0.2) is 4.79 Å². The molecule has 0 unspecified atom stereocenters. The second-order valence-electron chi connectivity index (χ2n) is 5.55. The highest BCUT2D eigenvalue weighted by atomic mass is 19.4. The van der Waals surface area contributed by atoms with Crippen molar-refractivity contribution in [1.82, 2.24) is 10.1 Å². The highest BCUT2D eigenvalue weighted by Gasteiger charge is 2.31. The summed E-state index contributed by atoms with van der Waals surface area (Å²) in [6, 6.07) is 4.53. The smallest absolute Gasteiger partial charge is 0.416 e. The van der Waals surface area contributed by atoms with Crippen LogP contribution in [-0.4, -0.2) is 42.0 Å². The van der Waals surface area contributed by atoms with Crippen LogP contribution in [0.5, 0.6) is 0 Å². The number of carbonyl (C=O) groups is 1. The average Bonchev–Trinajstić information content (AvgIpc) is 3.12. The van der Waals surface area contributed by atoms with Crippen molar-refractivity contribution >= 4 is 5.97 Å². The van der Waals surface area contributed by atoms with Gasteiger partial charge < -0.3 is 18.7 Å². The fourth-order valence-electron chi connectivity index (χ4n) is 2.28. The molecule has 7 nitrogen and oxygen atoms in total. The third-order valence-corrected chi connectivity index (χ3v) is 3.61. The first-order valence-electron chi connectivity index (χ1n) is 7.75. The zero-order chi connectivity index (χ0) is 18.7. The van der Waals surface area contributed by atoms with Gasteiger partial charge in [-0.15, -0.1) is 0 Å². The Kier molecular flexibility index (Phi) is 5.23. The number of esters is 1. The first kappa shape index (κ1) is 18.3. The number of alkyl halides is 3. The minimum absolute atomic E-state index is 0.0359. The van der Waals surface area contributed by atoms with E-state index in [2.05, 4.69) is 10.1 Å². The van der Waals surface area contributed by atoms with Crippen molar-refractivity contribution in [3.63, 3.8) is 0 Å². The molecule has 2 aromatic rings. The number of hydrogen-bond donors (Lipinski definition) is 0. The summed E-state index contributed by atoms with van der Waals surface area (Å²) in [6.45, 7) is 2.29. The number of hydrogen-bond acceptors (Lipinski definition) is 7. The summed E-state index contributed by atoms with van der Waals surface area (Å²) in [5, 5.41) is 3.65. The molecule has 2 heterocycles. The third kappa shape index (κ3) is 4.20. The normalized spacial score (nSPS) is 19.2. The van der Waals surface area contributed by atoms with E-state index < -0.39 is 29.9 Å². The lowest BCUT2D eigenvalue weighted by Crippen LogP contribution is -2.37. The zero-order valence-electron chi connectivity index (χ0n) is 13.7. The molecular weight excluding hydrogens is 357 g/mol. The zero-order valence-corrected chi connectivity index (χ0v) is 13.7. The Morgan fingerprint density at radius 3 is 2.85 bits per heavy atom. The second kappa shape index (κ2) is 7.42. The third-order valence-electron chi connectivity index (χ3n) is 3.61. The Hall–Kier alpha value is -2.46. The first-order valence-corrected chi connectivity index (χ1v) is 7.75. The molecule has 3 rings (SSSR count). The maximum atomic E-state index is 12.8. The Bertz CT molecular complexity index is 771. The first-order chi connectivity index (χ1) is 12.3. The van der Waals surface area contributed by atoms with Gasteiger partial charge in [0, 0.05) is 5.56 Å². The van der Waals surface area contributed by atoms with Crippen LogP contribution in [0.4, 0.5) is 13.2 Å². The van der Waals surface area contributed by atoms with Crippen molar-refractivity contribution in [3.05, 3.63) is 35.7 Å². The largest absolute Gasteiger partial charge is 0.451 e. The maximum Gasteiger partial charge on any atom is 0.416 e. The van der Waals surface area contributed by atoms with E-state index >= 15 is 0 Å². The van der Waals surface area contributed by atoms with Gasteiger partial charge in [0.2, 0.25) is 5.82 Å². The van der Waals surface area contributed by atoms with Gasteiger partial charge in [0.05, 0.1) is 25.4 Å². The molecule has 0 radical (unpaired) electrons. The highest BCUT2D eigenvalue weighted by molar-refractivity contribution is 5.75. The van der Waals surface area contributed by atoms with Gasteiger partial charge in [0.25, 0.3) is 5.89 Å². The van der Waals surface area contributed by atoms with Crippen LogP contribution in [0, 0.1) is 0 Å². The summed E-state index contributed by atoms with van der Waals surface area (Å²) in [5.74, 6) is -0.718. The van der Waals surface area contributed by atoms with E-state index in [0.717, 1.165) is 12.1 Å². The van der Waals surface area contributed by atoms with Crippen molar-refractivity contribution < 1.29 is 36.7 Å². The topological polar surface area (TPSA) is 83.7 Å². The minimum atomic E-state index is -4.48. The monoisotopic (exact) mass is 372 g/mol.